The number of aromatic hydroxyl groups is 1. The second kappa shape index (κ2) is 9.93. The quantitative estimate of drug-likeness (QED) is 0.226. The largest absolute Gasteiger partial charge is 0.504 e. The third kappa shape index (κ3) is 5.04. The number of carbonyl (C=O) groups is 1. The van der Waals surface area contributed by atoms with E-state index in [4.69, 9.17) is 4.74 Å². The van der Waals surface area contributed by atoms with Gasteiger partial charge in [0.2, 0.25) is 5.91 Å². The summed E-state index contributed by atoms with van der Waals surface area (Å²) in [5.41, 5.74) is 3.04. The highest BCUT2D eigenvalue weighted by Gasteiger charge is 2.30. The molecular formula is C29H22F3N3O3. The third-order valence-electron chi connectivity index (χ3n) is 6.11. The van der Waals surface area contributed by atoms with Crippen LogP contribution in [0.25, 0.3) is 39.1 Å². The number of rotatable bonds is 6. The molecule has 0 radical (unpaired) electrons. The fraction of sp³-hybridized carbons (Fsp3) is 0.103. The molecule has 0 atom stereocenters. The van der Waals surface area contributed by atoms with Crippen molar-refractivity contribution in [2.24, 2.45) is 0 Å². The molecule has 0 fully saturated rings. The van der Waals surface area contributed by atoms with Gasteiger partial charge >= 0.3 is 6.18 Å². The van der Waals surface area contributed by atoms with Crippen LogP contribution in [0.2, 0.25) is 0 Å². The van der Waals surface area contributed by atoms with E-state index in [9.17, 15) is 23.1 Å². The Kier molecular flexibility index (Phi) is 6.50. The second-order valence-corrected chi connectivity index (χ2v) is 8.61. The minimum atomic E-state index is -4.44. The smallest absolute Gasteiger partial charge is 0.416 e. The van der Waals surface area contributed by atoms with Crippen molar-refractivity contribution >= 4 is 33.8 Å². The van der Waals surface area contributed by atoms with Crippen LogP contribution in [0.4, 0.5) is 13.2 Å². The Morgan fingerprint density at radius 3 is 2.55 bits per heavy atom. The van der Waals surface area contributed by atoms with Crippen LogP contribution in [0, 0.1) is 0 Å². The first-order valence-corrected chi connectivity index (χ1v) is 11.6. The lowest BCUT2D eigenvalue weighted by Gasteiger charge is -2.10. The maximum atomic E-state index is 13.1. The van der Waals surface area contributed by atoms with E-state index in [1.165, 1.54) is 31.4 Å². The lowest BCUT2D eigenvalue weighted by molar-refractivity contribution is -0.137. The van der Waals surface area contributed by atoms with Crippen LogP contribution in [0.3, 0.4) is 0 Å². The summed E-state index contributed by atoms with van der Waals surface area (Å²) in [4.78, 5) is 20.5. The molecule has 2 heterocycles. The minimum absolute atomic E-state index is 0.00306. The number of carbonyl (C=O) groups excluding carboxylic acids is 1. The SMILES string of the molecule is COc1cc(/C=C/C(=O)NCc2cc3c([nH]c4ccccc43)c(-c3ccc(C(F)(F)F)cc3)n2)ccc1O. The predicted octanol–water partition coefficient (Wildman–Crippen LogP) is 6.45. The molecule has 192 valence electrons. The molecule has 0 aliphatic heterocycles. The van der Waals surface area contributed by atoms with Crippen molar-refractivity contribution in [2.75, 3.05) is 7.11 Å². The maximum Gasteiger partial charge on any atom is 0.416 e. The van der Waals surface area contributed by atoms with Gasteiger partial charge in [-0.2, -0.15) is 13.2 Å². The molecule has 9 heteroatoms. The first-order valence-electron chi connectivity index (χ1n) is 11.6. The monoisotopic (exact) mass is 517 g/mol. The molecule has 0 saturated heterocycles. The lowest BCUT2D eigenvalue weighted by atomic mass is 10.0. The first-order chi connectivity index (χ1) is 18.2. The summed E-state index contributed by atoms with van der Waals surface area (Å²) in [6, 6.07) is 19.1. The number of pyridine rings is 1. The van der Waals surface area contributed by atoms with Gasteiger partial charge in [0, 0.05) is 27.9 Å². The van der Waals surface area contributed by atoms with Gasteiger partial charge in [-0.3, -0.25) is 4.79 Å². The molecule has 0 aliphatic carbocycles. The molecule has 0 aliphatic rings. The van der Waals surface area contributed by atoms with Crippen molar-refractivity contribution < 1.29 is 27.8 Å². The van der Waals surface area contributed by atoms with Gasteiger partial charge in [-0.15, -0.1) is 0 Å². The Bertz CT molecular complexity index is 1670. The van der Waals surface area contributed by atoms with Crippen molar-refractivity contribution in [1.82, 2.24) is 15.3 Å². The number of ether oxygens (including phenoxy) is 1. The predicted molar refractivity (Wildman–Crippen MR) is 140 cm³/mol. The zero-order valence-electron chi connectivity index (χ0n) is 20.1. The van der Waals surface area contributed by atoms with Crippen molar-refractivity contribution in [1.29, 1.82) is 0 Å². The molecular weight excluding hydrogens is 495 g/mol. The van der Waals surface area contributed by atoms with Gasteiger partial charge < -0.3 is 20.1 Å². The number of amides is 1. The number of benzene rings is 3. The molecule has 3 aromatic carbocycles. The zero-order valence-corrected chi connectivity index (χ0v) is 20.1. The van der Waals surface area contributed by atoms with Crippen LogP contribution in [-0.2, 0) is 17.5 Å². The van der Waals surface area contributed by atoms with E-state index >= 15 is 0 Å². The number of hydrogen-bond donors (Lipinski definition) is 3. The zero-order chi connectivity index (χ0) is 26.9. The highest BCUT2D eigenvalue weighted by Crippen LogP contribution is 2.35. The molecule has 0 saturated carbocycles. The number of nitrogens with zero attached hydrogens (tertiary/aromatic N) is 1. The van der Waals surface area contributed by atoms with Crippen molar-refractivity contribution in [2.45, 2.75) is 12.7 Å². The summed E-state index contributed by atoms with van der Waals surface area (Å²) in [5.74, 6) is -0.0785. The molecule has 3 N–H and O–H groups in total. The number of fused-ring (bicyclic) bond motifs is 3. The number of H-pyrrole nitrogens is 1. The number of para-hydroxylation sites is 1. The average Bonchev–Trinajstić information content (AvgIpc) is 3.29. The number of halogens is 3. The Morgan fingerprint density at radius 1 is 1.05 bits per heavy atom. The topological polar surface area (TPSA) is 87.2 Å². The van der Waals surface area contributed by atoms with Gasteiger partial charge in [-0.1, -0.05) is 36.4 Å². The Hall–Kier alpha value is -4.79. The number of nitrogens with one attached hydrogen (secondary N) is 2. The van der Waals surface area contributed by atoms with Crippen molar-refractivity contribution in [3.8, 4) is 22.8 Å². The number of phenolic OH excluding ortho intramolecular Hbond substituents is 1. The average molecular weight is 518 g/mol. The van der Waals surface area contributed by atoms with Gasteiger partial charge in [0.1, 0.15) is 0 Å². The molecule has 2 aromatic heterocycles. The molecule has 0 bridgehead atoms. The van der Waals surface area contributed by atoms with Gasteiger partial charge in [0.15, 0.2) is 11.5 Å². The summed E-state index contributed by atoms with van der Waals surface area (Å²) >= 11 is 0. The van der Waals surface area contributed by atoms with Gasteiger partial charge in [0.25, 0.3) is 0 Å². The van der Waals surface area contributed by atoms with E-state index < -0.39 is 11.7 Å². The Labute approximate surface area is 215 Å². The van der Waals surface area contributed by atoms with Crippen LogP contribution >= 0.6 is 0 Å². The summed E-state index contributed by atoms with van der Waals surface area (Å²) in [6.07, 6.45) is -1.50. The lowest BCUT2D eigenvalue weighted by Crippen LogP contribution is -2.21. The molecule has 5 aromatic rings. The highest BCUT2D eigenvalue weighted by molar-refractivity contribution is 6.11. The summed E-state index contributed by atoms with van der Waals surface area (Å²) in [5, 5.41) is 14.3. The Balaban J connectivity index is 1.45. The summed E-state index contributed by atoms with van der Waals surface area (Å²) in [6.45, 7) is 0.102. The fourth-order valence-corrected chi connectivity index (χ4v) is 4.22. The second-order valence-electron chi connectivity index (χ2n) is 8.61. The molecule has 38 heavy (non-hydrogen) atoms. The van der Waals surface area contributed by atoms with E-state index in [2.05, 4.69) is 15.3 Å². The molecule has 0 unspecified atom stereocenters. The summed E-state index contributed by atoms with van der Waals surface area (Å²) < 4.78 is 44.4. The fourth-order valence-electron chi connectivity index (χ4n) is 4.22. The minimum Gasteiger partial charge on any atom is -0.504 e. The highest BCUT2D eigenvalue weighted by atomic mass is 19.4. The summed E-state index contributed by atoms with van der Waals surface area (Å²) in [7, 11) is 1.44. The number of phenols is 1. The van der Waals surface area contributed by atoms with Crippen molar-refractivity contribution in [3.05, 3.63) is 95.7 Å². The van der Waals surface area contributed by atoms with E-state index in [-0.39, 0.29) is 18.2 Å². The normalized spacial score (nSPS) is 11.9. The van der Waals surface area contributed by atoms with Crippen LogP contribution in [0.5, 0.6) is 11.5 Å². The van der Waals surface area contributed by atoms with Crippen molar-refractivity contribution in [3.63, 3.8) is 0 Å². The standard InChI is InChI=1S/C29H22F3N3O3/c1-38-25-14-17(6-12-24(25)36)7-13-26(37)33-16-20-15-22-21-4-2-3-5-23(21)35-28(22)27(34-20)18-8-10-19(11-9-18)29(30,31)32/h2-15,35-36H,16H2,1H3,(H,33,37)/b13-7+. The van der Waals surface area contributed by atoms with E-state index in [0.29, 0.717) is 33.8 Å². The first kappa shape index (κ1) is 24.9. The molecule has 5 rings (SSSR count). The van der Waals surface area contributed by atoms with Gasteiger partial charge in [0.05, 0.1) is 36.1 Å². The van der Waals surface area contributed by atoms with Crippen LogP contribution in [0.1, 0.15) is 16.8 Å². The van der Waals surface area contributed by atoms with Gasteiger partial charge in [-0.05, 0) is 48.0 Å². The van der Waals surface area contributed by atoms with E-state index in [1.807, 2.05) is 30.3 Å². The van der Waals surface area contributed by atoms with Gasteiger partial charge in [-0.25, -0.2) is 4.98 Å². The number of alkyl halides is 3. The van der Waals surface area contributed by atoms with E-state index in [1.54, 1.807) is 18.2 Å². The third-order valence-corrected chi connectivity index (χ3v) is 6.11. The molecule has 1 amide bonds. The maximum absolute atomic E-state index is 13.1. The molecule has 6 nitrogen and oxygen atoms in total. The van der Waals surface area contributed by atoms with Crippen LogP contribution in [-0.4, -0.2) is 28.1 Å². The Morgan fingerprint density at radius 2 is 1.82 bits per heavy atom. The molecule has 0 spiro atoms. The van der Waals surface area contributed by atoms with Crippen LogP contribution in [0.15, 0.2) is 78.9 Å². The van der Waals surface area contributed by atoms with E-state index in [0.717, 1.165) is 28.4 Å². The number of methoxy groups -OCH3 is 1. The number of aromatic amines is 1. The number of hydrogen-bond acceptors (Lipinski definition) is 4. The number of aromatic nitrogens is 2. The van der Waals surface area contributed by atoms with Crippen LogP contribution < -0.4 is 10.1 Å².